The maximum Gasteiger partial charge on any atom is 0.257 e. The quantitative estimate of drug-likeness (QED) is 0.354. The smallest absolute Gasteiger partial charge is 0.257 e. The van der Waals surface area contributed by atoms with Crippen LogP contribution in [-0.4, -0.2) is 48.9 Å². The van der Waals surface area contributed by atoms with Crippen LogP contribution in [0.2, 0.25) is 0 Å². The van der Waals surface area contributed by atoms with Crippen LogP contribution in [0, 0.1) is 0 Å². The average molecular weight is 495 g/mol. The molecule has 0 aliphatic carbocycles. The zero-order valence-electron chi connectivity index (χ0n) is 19.9. The summed E-state index contributed by atoms with van der Waals surface area (Å²) in [5.74, 6) is -0.0772. The number of carbonyl (C=O) groups excluding carboxylic acids is 3. The molecule has 0 aliphatic heterocycles. The van der Waals surface area contributed by atoms with Crippen LogP contribution in [-0.2, 0) is 16.1 Å². The Kier molecular flexibility index (Phi) is 9.82. The summed E-state index contributed by atoms with van der Waals surface area (Å²) in [4.78, 5) is 40.7. The van der Waals surface area contributed by atoms with Gasteiger partial charge in [0.1, 0.15) is 5.75 Å². The first-order chi connectivity index (χ1) is 17.0. The molecule has 0 aliphatic rings. The monoisotopic (exact) mass is 494 g/mol. The third-order valence-electron chi connectivity index (χ3n) is 5.09. The number of likely N-dealkylation sites (N-methyl/N-ethyl adjacent to an activating group) is 1. The van der Waals surface area contributed by atoms with Gasteiger partial charge >= 0.3 is 0 Å². The fourth-order valence-corrected chi connectivity index (χ4v) is 3.96. The summed E-state index contributed by atoms with van der Waals surface area (Å²) in [7, 11) is 0. The number of anilines is 2. The van der Waals surface area contributed by atoms with Gasteiger partial charge in [-0.1, -0.05) is 25.1 Å². The number of hydrogen-bond donors (Lipinski definition) is 3. The summed E-state index contributed by atoms with van der Waals surface area (Å²) in [5.41, 5.74) is 1.36. The van der Waals surface area contributed by atoms with Crippen molar-refractivity contribution >= 4 is 40.4 Å². The number of hydrogen-bond acceptors (Lipinski definition) is 6. The van der Waals surface area contributed by atoms with Crippen LogP contribution in [0.5, 0.6) is 5.75 Å². The first-order valence-corrected chi connectivity index (χ1v) is 12.3. The molecule has 2 aromatic carbocycles. The van der Waals surface area contributed by atoms with Gasteiger partial charge in [-0.25, -0.2) is 0 Å². The number of ether oxygens (including phenoxy) is 1. The van der Waals surface area contributed by atoms with Gasteiger partial charge in [0, 0.05) is 10.6 Å². The second kappa shape index (κ2) is 13.3. The summed E-state index contributed by atoms with van der Waals surface area (Å²) < 4.78 is 5.42. The van der Waals surface area contributed by atoms with Crippen LogP contribution in [0.1, 0.15) is 29.1 Å². The number of amides is 3. The number of carbonyl (C=O) groups is 3. The van der Waals surface area contributed by atoms with Crippen molar-refractivity contribution in [2.24, 2.45) is 0 Å². The van der Waals surface area contributed by atoms with Crippen LogP contribution in [0.25, 0.3) is 0 Å². The van der Waals surface area contributed by atoms with Crippen molar-refractivity contribution in [3.8, 4) is 5.75 Å². The third-order valence-corrected chi connectivity index (χ3v) is 5.97. The number of thiophene rings is 1. The number of nitrogens with one attached hydrogen (secondary N) is 3. The standard InChI is InChI=1S/C26H30N4O4S/c1-3-30(17-24(31)27-16-21-8-7-15-35-21)18-25(32)29-23-10-6-5-9-22(23)26(33)28-19-11-13-20(14-12-19)34-4-2/h5-15H,3-4,16-18H2,1-2H3,(H,27,31)(H,28,33)(H,29,32). The van der Waals surface area contributed by atoms with Crippen LogP contribution < -0.4 is 20.7 Å². The van der Waals surface area contributed by atoms with Gasteiger partial charge < -0.3 is 20.7 Å². The predicted molar refractivity (Wildman–Crippen MR) is 139 cm³/mol. The zero-order chi connectivity index (χ0) is 25.0. The van der Waals surface area contributed by atoms with Gasteiger partial charge in [0.2, 0.25) is 11.8 Å². The minimum atomic E-state index is -0.342. The first kappa shape index (κ1) is 25.9. The van der Waals surface area contributed by atoms with Gasteiger partial charge in [0.25, 0.3) is 5.91 Å². The Bertz CT molecular complexity index is 1120. The van der Waals surface area contributed by atoms with E-state index < -0.39 is 0 Å². The van der Waals surface area contributed by atoms with Crippen molar-refractivity contribution in [2.75, 3.05) is 36.9 Å². The lowest BCUT2D eigenvalue weighted by Crippen LogP contribution is -2.40. The Morgan fingerprint density at radius 3 is 2.31 bits per heavy atom. The van der Waals surface area contributed by atoms with Crippen molar-refractivity contribution < 1.29 is 19.1 Å². The van der Waals surface area contributed by atoms with Gasteiger partial charge in [-0.15, -0.1) is 11.3 Å². The van der Waals surface area contributed by atoms with Crippen molar-refractivity contribution in [1.29, 1.82) is 0 Å². The highest BCUT2D eigenvalue weighted by Gasteiger charge is 2.17. The molecule has 0 fully saturated rings. The molecule has 35 heavy (non-hydrogen) atoms. The lowest BCUT2D eigenvalue weighted by molar-refractivity contribution is -0.123. The molecule has 9 heteroatoms. The zero-order valence-corrected chi connectivity index (χ0v) is 20.7. The lowest BCUT2D eigenvalue weighted by Gasteiger charge is -2.20. The highest BCUT2D eigenvalue weighted by molar-refractivity contribution is 7.09. The van der Waals surface area contributed by atoms with Crippen molar-refractivity contribution in [2.45, 2.75) is 20.4 Å². The number of nitrogens with zero attached hydrogens (tertiary/aromatic N) is 1. The van der Waals surface area contributed by atoms with E-state index in [4.69, 9.17) is 4.74 Å². The molecule has 0 unspecified atom stereocenters. The van der Waals surface area contributed by atoms with E-state index in [0.717, 1.165) is 10.6 Å². The minimum Gasteiger partial charge on any atom is -0.494 e. The molecule has 3 rings (SSSR count). The van der Waals surface area contributed by atoms with Gasteiger partial charge in [-0.05, 0) is 61.3 Å². The van der Waals surface area contributed by atoms with E-state index in [2.05, 4.69) is 16.0 Å². The van der Waals surface area contributed by atoms with E-state index in [1.54, 1.807) is 64.8 Å². The van der Waals surface area contributed by atoms with Gasteiger partial charge in [-0.3, -0.25) is 19.3 Å². The molecule has 0 saturated carbocycles. The van der Waals surface area contributed by atoms with Gasteiger partial charge in [0.15, 0.2) is 0 Å². The highest BCUT2D eigenvalue weighted by atomic mass is 32.1. The number of benzene rings is 2. The molecule has 3 amide bonds. The first-order valence-electron chi connectivity index (χ1n) is 11.4. The van der Waals surface area contributed by atoms with Crippen LogP contribution in [0.15, 0.2) is 66.0 Å². The molecular formula is C26H30N4O4S. The maximum absolute atomic E-state index is 12.9. The number of para-hydroxylation sites is 1. The second-order valence-electron chi connectivity index (χ2n) is 7.66. The molecule has 0 bridgehead atoms. The molecule has 3 N–H and O–H groups in total. The summed E-state index contributed by atoms with van der Waals surface area (Å²) >= 11 is 1.58. The summed E-state index contributed by atoms with van der Waals surface area (Å²) in [6.45, 7) is 5.48. The highest BCUT2D eigenvalue weighted by Crippen LogP contribution is 2.20. The molecule has 8 nitrogen and oxygen atoms in total. The van der Waals surface area contributed by atoms with E-state index in [-0.39, 0.29) is 30.8 Å². The van der Waals surface area contributed by atoms with Gasteiger partial charge in [-0.2, -0.15) is 0 Å². The Hall–Kier alpha value is -3.69. The Labute approximate surface area is 209 Å². The van der Waals surface area contributed by atoms with Crippen LogP contribution in [0.3, 0.4) is 0 Å². The van der Waals surface area contributed by atoms with E-state index >= 15 is 0 Å². The van der Waals surface area contributed by atoms with E-state index in [1.807, 2.05) is 31.4 Å². The minimum absolute atomic E-state index is 0.0256. The Morgan fingerprint density at radius 2 is 1.63 bits per heavy atom. The molecule has 0 radical (unpaired) electrons. The molecule has 3 aromatic rings. The largest absolute Gasteiger partial charge is 0.494 e. The van der Waals surface area contributed by atoms with E-state index in [0.29, 0.717) is 36.6 Å². The third kappa shape index (κ3) is 8.24. The molecule has 0 saturated heterocycles. The van der Waals surface area contributed by atoms with Crippen LogP contribution in [0.4, 0.5) is 11.4 Å². The van der Waals surface area contributed by atoms with Crippen LogP contribution >= 0.6 is 11.3 Å². The Morgan fingerprint density at radius 1 is 0.886 bits per heavy atom. The van der Waals surface area contributed by atoms with E-state index in [1.165, 1.54) is 0 Å². The molecule has 0 atom stereocenters. The molecular weight excluding hydrogens is 464 g/mol. The van der Waals surface area contributed by atoms with Crippen molar-refractivity contribution in [1.82, 2.24) is 10.2 Å². The fraction of sp³-hybridized carbons (Fsp3) is 0.269. The molecule has 1 heterocycles. The number of rotatable bonds is 12. The summed E-state index contributed by atoms with van der Waals surface area (Å²) in [6.07, 6.45) is 0. The summed E-state index contributed by atoms with van der Waals surface area (Å²) in [6, 6.07) is 17.8. The predicted octanol–water partition coefficient (Wildman–Crippen LogP) is 3.98. The SMILES string of the molecule is CCOc1ccc(NC(=O)c2ccccc2NC(=O)CN(CC)CC(=O)NCc2cccs2)cc1. The average Bonchev–Trinajstić information content (AvgIpc) is 3.38. The normalized spacial score (nSPS) is 10.6. The maximum atomic E-state index is 12.9. The lowest BCUT2D eigenvalue weighted by atomic mass is 10.1. The summed E-state index contributed by atoms with van der Waals surface area (Å²) in [5, 5.41) is 10.5. The molecule has 0 spiro atoms. The Balaban J connectivity index is 1.55. The second-order valence-corrected chi connectivity index (χ2v) is 8.70. The van der Waals surface area contributed by atoms with Crippen molar-refractivity contribution in [3.63, 3.8) is 0 Å². The van der Waals surface area contributed by atoms with Crippen molar-refractivity contribution in [3.05, 3.63) is 76.5 Å². The molecule has 184 valence electrons. The fourth-order valence-electron chi connectivity index (χ4n) is 3.32. The topological polar surface area (TPSA) is 99.8 Å². The van der Waals surface area contributed by atoms with Gasteiger partial charge in [0.05, 0.1) is 37.5 Å². The van der Waals surface area contributed by atoms with E-state index in [9.17, 15) is 14.4 Å². The molecule has 1 aromatic heterocycles.